The van der Waals surface area contributed by atoms with Gasteiger partial charge in [0.05, 0.1) is 12.4 Å². The maximum absolute atomic E-state index is 6.03. The Hall–Kier alpha value is -2.23. The number of hydrogen-bond acceptors (Lipinski definition) is 4. The summed E-state index contributed by atoms with van der Waals surface area (Å²) in [4.78, 5) is 2.16. The Labute approximate surface area is 118 Å². The molecule has 0 amide bonds. The molecule has 1 atom stereocenters. The minimum Gasteiger partial charge on any atom is -0.465 e. The molecule has 0 spiro atoms. The van der Waals surface area contributed by atoms with Crippen molar-refractivity contribution in [2.24, 2.45) is 0 Å². The van der Waals surface area contributed by atoms with E-state index in [2.05, 4.69) is 29.1 Å². The fraction of sp³-hybridized carbons (Fsp3) is 0.312. The van der Waals surface area contributed by atoms with Crippen LogP contribution in [0.1, 0.15) is 31.9 Å². The summed E-state index contributed by atoms with van der Waals surface area (Å²) in [5.41, 5.74) is 1.13. The second kappa shape index (κ2) is 5.82. The number of ether oxygens (including phenoxy) is 1. The highest BCUT2D eigenvalue weighted by Crippen LogP contribution is 2.32. The average Bonchev–Trinajstić information content (AvgIpc) is 3.15. The first-order chi connectivity index (χ1) is 9.88. The Balaban J connectivity index is 1.86. The Morgan fingerprint density at radius 2 is 2.05 bits per heavy atom. The third-order valence-corrected chi connectivity index (χ3v) is 3.37. The van der Waals surface area contributed by atoms with Crippen molar-refractivity contribution < 1.29 is 9.26 Å². The van der Waals surface area contributed by atoms with Gasteiger partial charge >= 0.3 is 0 Å². The van der Waals surface area contributed by atoms with Gasteiger partial charge in [-0.1, -0.05) is 36.7 Å². The molecule has 3 rings (SSSR count). The fourth-order valence-electron chi connectivity index (χ4n) is 2.33. The smallest absolute Gasteiger partial charge is 0.203 e. The molecule has 0 saturated carbocycles. The number of benzene rings is 1. The van der Waals surface area contributed by atoms with Crippen LogP contribution in [-0.4, -0.2) is 11.4 Å². The maximum Gasteiger partial charge on any atom is 0.203 e. The molecular weight excluding hydrogens is 252 g/mol. The summed E-state index contributed by atoms with van der Waals surface area (Å²) in [6.07, 6.45) is 6.92. The zero-order valence-electron chi connectivity index (χ0n) is 11.5. The van der Waals surface area contributed by atoms with E-state index in [1.54, 1.807) is 6.20 Å². The normalized spacial score (nSPS) is 17.9. The largest absolute Gasteiger partial charge is 0.465 e. The Bertz CT molecular complexity index is 563. The van der Waals surface area contributed by atoms with E-state index in [1.807, 2.05) is 30.5 Å². The lowest BCUT2D eigenvalue weighted by molar-refractivity contribution is 0.172. The van der Waals surface area contributed by atoms with Gasteiger partial charge < -0.3 is 14.2 Å². The number of aromatic nitrogens is 1. The Morgan fingerprint density at radius 1 is 1.20 bits per heavy atom. The number of unbranched alkanes of at least 4 members (excludes halogenated alkanes) is 1. The molecule has 4 heteroatoms. The van der Waals surface area contributed by atoms with Crippen LogP contribution in [0.3, 0.4) is 0 Å². The van der Waals surface area contributed by atoms with E-state index in [4.69, 9.17) is 9.26 Å². The number of rotatable bonds is 5. The standard InChI is InChI=1S/C16H18N2O2/c1-2-3-9-16-18(13-7-5-4-6-8-13)12-15(19-16)14-10-11-17-20-14/h4-8,10-12,16H,2-3,9H2,1H3. The van der Waals surface area contributed by atoms with Crippen LogP contribution in [0.5, 0.6) is 0 Å². The van der Waals surface area contributed by atoms with Crippen LogP contribution in [0.15, 0.2) is 53.3 Å². The van der Waals surface area contributed by atoms with Crippen LogP contribution < -0.4 is 4.90 Å². The predicted octanol–water partition coefficient (Wildman–Crippen LogP) is 4.03. The third kappa shape index (κ3) is 2.54. The summed E-state index contributed by atoms with van der Waals surface area (Å²) in [7, 11) is 0. The van der Waals surface area contributed by atoms with Crippen LogP contribution in [0.4, 0.5) is 5.69 Å². The van der Waals surface area contributed by atoms with E-state index >= 15 is 0 Å². The van der Waals surface area contributed by atoms with Gasteiger partial charge in [0.25, 0.3) is 0 Å². The van der Waals surface area contributed by atoms with Crippen LogP contribution in [0.25, 0.3) is 5.76 Å². The fourth-order valence-corrected chi connectivity index (χ4v) is 2.33. The molecule has 0 aliphatic carbocycles. The Morgan fingerprint density at radius 3 is 2.75 bits per heavy atom. The van der Waals surface area contributed by atoms with Gasteiger partial charge in [0.2, 0.25) is 5.76 Å². The summed E-state index contributed by atoms with van der Waals surface area (Å²) >= 11 is 0. The molecule has 2 aromatic rings. The summed E-state index contributed by atoms with van der Waals surface area (Å²) < 4.78 is 11.2. The van der Waals surface area contributed by atoms with Crippen molar-refractivity contribution in [3.8, 4) is 0 Å². The highest BCUT2D eigenvalue weighted by molar-refractivity contribution is 5.64. The SMILES string of the molecule is CCCCC1OC(c2ccno2)=CN1c1ccccc1. The topological polar surface area (TPSA) is 38.5 Å². The molecule has 0 radical (unpaired) electrons. The van der Waals surface area contributed by atoms with E-state index in [9.17, 15) is 0 Å². The second-order valence-electron chi connectivity index (χ2n) is 4.83. The maximum atomic E-state index is 6.03. The van der Waals surface area contributed by atoms with Gasteiger partial charge in [-0.25, -0.2) is 0 Å². The molecule has 0 saturated heterocycles. The monoisotopic (exact) mass is 270 g/mol. The van der Waals surface area contributed by atoms with Gasteiger partial charge in [-0.05, 0) is 18.6 Å². The van der Waals surface area contributed by atoms with Crippen molar-refractivity contribution in [3.05, 3.63) is 54.6 Å². The van der Waals surface area contributed by atoms with Crippen molar-refractivity contribution in [2.75, 3.05) is 4.90 Å². The molecule has 0 N–H and O–H groups in total. The van der Waals surface area contributed by atoms with E-state index in [0.717, 1.165) is 30.7 Å². The van der Waals surface area contributed by atoms with Crippen molar-refractivity contribution in [1.82, 2.24) is 5.16 Å². The molecule has 4 nitrogen and oxygen atoms in total. The van der Waals surface area contributed by atoms with Gasteiger partial charge in [-0.15, -0.1) is 0 Å². The van der Waals surface area contributed by atoms with E-state index in [1.165, 1.54) is 0 Å². The van der Waals surface area contributed by atoms with E-state index < -0.39 is 0 Å². The highest BCUT2D eigenvalue weighted by Gasteiger charge is 2.28. The molecule has 104 valence electrons. The highest BCUT2D eigenvalue weighted by atomic mass is 16.5. The van der Waals surface area contributed by atoms with Crippen molar-refractivity contribution in [1.29, 1.82) is 0 Å². The first kappa shape index (κ1) is 12.8. The first-order valence-corrected chi connectivity index (χ1v) is 7.01. The lowest BCUT2D eigenvalue weighted by Gasteiger charge is -2.24. The minimum atomic E-state index is 0.0254. The molecule has 1 unspecified atom stereocenters. The minimum absolute atomic E-state index is 0.0254. The second-order valence-corrected chi connectivity index (χ2v) is 4.83. The Kier molecular flexibility index (Phi) is 3.72. The van der Waals surface area contributed by atoms with Crippen LogP contribution >= 0.6 is 0 Å². The molecule has 1 aromatic carbocycles. The average molecular weight is 270 g/mol. The number of anilines is 1. The van der Waals surface area contributed by atoms with Gasteiger partial charge in [0, 0.05) is 18.2 Å². The van der Waals surface area contributed by atoms with E-state index in [0.29, 0.717) is 5.76 Å². The summed E-state index contributed by atoms with van der Waals surface area (Å²) in [6, 6.07) is 12.1. The summed E-state index contributed by atoms with van der Waals surface area (Å²) in [6.45, 7) is 2.19. The molecule has 2 heterocycles. The molecule has 0 fully saturated rings. The molecular formula is C16H18N2O2. The number of hydrogen-bond donors (Lipinski definition) is 0. The quantitative estimate of drug-likeness (QED) is 0.822. The molecule has 1 aliphatic rings. The van der Waals surface area contributed by atoms with Gasteiger partial charge in [0.1, 0.15) is 0 Å². The lowest BCUT2D eigenvalue weighted by Crippen LogP contribution is -2.27. The van der Waals surface area contributed by atoms with Crippen LogP contribution in [0, 0.1) is 0 Å². The van der Waals surface area contributed by atoms with Gasteiger partial charge in [-0.3, -0.25) is 0 Å². The van der Waals surface area contributed by atoms with Gasteiger partial charge in [-0.2, -0.15) is 0 Å². The number of nitrogens with zero attached hydrogens (tertiary/aromatic N) is 2. The summed E-state index contributed by atoms with van der Waals surface area (Å²) in [5.74, 6) is 1.41. The third-order valence-electron chi connectivity index (χ3n) is 3.37. The van der Waals surface area contributed by atoms with Crippen LogP contribution in [0.2, 0.25) is 0 Å². The van der Waals surface area contributed by atoms with Crippen LogP contribution in [-0.2, 0) is 4.74 Å². The molecule has 20 heavy (non-hydrogen) atoms. The summed E-state index contributed by atoms with van der Waals surface area (Å²) in [5, 5.41) is 3.74. The van der Waals surface area contributed by atoms with Crippen molar-refractivity contribution in [2.45, 2.75) is 32.4 Å². The lowest BCUT2D eigenvalue weighted by atomic mass is 10.2. The molecule has 1 aliphatic heterocycles. The predicted molar refractivity (Wildman–Crippen MR) is 77.8 cm³/mol. The molecule has 1 aromatic heterocycles. The van der Waals surface area contributed by atoms with Crippen molar-refractivity contribution in [3.63, 3.8) is 0 Å². The van der Waals surface area contributed by atoms with Gasteiger partial charge in [0.15, 0.2) is 12.0 Å². The number of para-hydroxylation sites is 1. The zero-order chi connectivity index (χ0) is 13.8. The molecule has 0 bridgehead atoms. The van der Waals surface area contributed by atoms with E-state index in [-0.39, 0.29) is 6.23 Å². The van der Waals surface area contributed by atoms with Crippen molar-refractivity contribution >= 4 is 11.4 Å². The first-order valence-electron chi connectivity index (χ1n) is 7.01. The zero-order valence-corrected chi connectivity index (χ0v) is 11.5.